The van der Waals surface area contributed by atoms with E-state index in [1.807, 2.05) is 0 Å². The number of nitrogens with two attached hydrogens (primary N) is 1. The summed E-state index contributed by atoms with van der Waals surface area (Å²) in [5.74, 6) is -1.66. The largest absolute Gasteiger partial charge is 0.490 e. The van der Waals surface area contributed by atoms with Crippen molar-refractivity contribution in [2.24, 2.45) is 5.16 Å². The molecular weight excluding hydrogens is 520 g/mol. The molecule has 0 amide bonds. The highest BCUT2D eigenvalue weighted by Gasteiger charge is 2.44. The monoisotopic (exact) mass is 540 g/mol. The lowest BCUT2D eigenvalue weighted by atomic mass is 10.2. The van der Waals surface area contributed by atoms with Gasteiger partial charge in [0.15, 0.2) is 17.7 Å². The fourth-order valence-corrected chi connectivity index (χ4v) is 5.47. The van der Waals surface area contributed by atoms with Gasteiger partial charge in [0.1, 0.15) is 12.3 Å². The number of phosphoric acid groups is 3. The first-order valence-corrected chi connectivity index (χ1v) is 13.1. The van der Waals surface area contributed by atoms with E-state index < -0.39 is 65.8 Å². The number of aromatic nitrogens is 2. The first-order valence-electron chi connectivity index (χ1n) is 8.63. The molecule has 0 saturated carbocycles. The van der Waals surface area contributed by atoms with Crippen molar-refractivity contribution in [1.82, 2.24) is 9.55 Å². The lowest BCUT2D eigenvalue weighted by Crippen LogP contribution is -2.29. The molecular formula is C12H20FN4O13P3. The van der Waals surface area contributed by atoms with Crippen molar-refractivity contribution in [2.75, 3.05) is 12.3 Å². The lowest BCUT2D eigenvalue weighted by molar-refractivity contribution is -0.0606. The molecule has 6 N–H and O–H groups in total. The smallest absolute Gasteiger partial charge is 0.389 e. The van der Waals surface area contributed by atoms with Crippen molar-refractivity contribution in [3.63, 3.8) is 0 Å². The molecule has 0 bridgehead atoms. The molecule has 1 aliphatic rings. The molecule has 1 fully saturated rings. The van der Waals surface area contributed by atoms with Crippen LogP contribution in [0.4, 0.5) is 10.2 Å². The summed E-state index contributed by atoms with van der Waals surface area (Å²) in [7, 11) is -16.7. The number of nitrogen functional groups attached to an aromatic ring is 1. The van der Waals surface area contributed by atoms with Crippen LogP contribution in [0.15, 0.2) is 16.1 Å². The van der Waals surface area contributed by atoms with Gasteiger partial charge in [0.25, 0.3) is 0 Å². The van der Waals surface area contributed by atoms with Crippen molar-refractivity contribution >= 4 is 35.0 Å². The molecule has 2 rings (SSSR count). The van der Waals surface area contributed by atoms with Crippen LogP contribution in [-0.4, -0.2) is 53.7 Å². The second kappa shape index (κ2) is 10.4. The molecule has 5 atom stereocenters. The summed E-state index contributed by atoms with van der Waals surface area (Å²) in [6.07, 6.45) is -2.93. The zero-order valence-corrected chi connectivity index (χ0v) is 19.5. The summed E-state index contributed by atoms with van der Waals surface area (Å²) in [6, 6.07) is 0. The van der Waals surface area contributed by atoms with Crippen LogP contribution in [0.1, 0.15) is 26.5 Å². The minimum absolute atomic E-state index is 0.147. The predicted octanol–water partition coefficient (Wildman–Crippen LogP) is 0.376. The van der Waals surface area contributed by atoms with Gasteiger partial charge in [-0.1, -0.05) is 5.16 Å². The number of rotatable bonds is 10. The van der Waals surface area contributed by atoms with Gasteiger partial charge in [0.2, 0.25) is 0 Å². The summed E-state index contributed by atoms with van der Waals surface area (Å²) in [5.41, 5.74) is 4.72. The maximum absolute atomic E-state index is 13.8. The third kappa shape index (κ3) is 8.63. The molecule has 1 aromatic heterocycles. The second-order valence-electron chi connectivity index (χ2n) is 6.60. The zero-order valence-electron chi connectivity index (χ0n) is 16.8. The molecule has 1 saturated heterocycles. The molecule has 33 heavy (non-hydrogen) atoms. The van der Waals surface area contributed by atoms with Crippen LogP contribution in [0.25, 0.3) is 0 Å². The van der Waals surface area contributed by atoms with Crippen LogP contribution in [-0.2, 0) is 36.4 Å². The maximum Gasteiger partial charge on any atom is 0.490 e. The molecule has 1 aromatic rings. The number of hydrogen-bond acceptors (Lipinski definition) is 12. The van der Waals surface area contributed by atoms with Gasteiger partial charge in [-0.3, -0.25) is 9.09 Å². The number of anilines is 1. The summed E-state index contributed by atoms with van der Waals surface area (Å²) < 4.78 is 65.8. The topological polar surface area (TPSA) is 252 Å². The first kappa shape index (κ1) is 27.7. The minimum atomic E-state index is -5.72. The fraction of sp³-hybridized carbons (Fsp3) is 0.583. The Balaban J connectivity index is 2.17. The number of phosphoric ester groups is 1. The lowest BCUT2D eigenvalue weighted by Gasteiger charge is -2.20. The Kier molecular flexibility index (Phi) is 8.71. The normalized spacial score (nSPS) is 24.6. The number of oxime groups is 1. The third-order valence-corrected chi connectivity index (χ3v) is 7.42. The maximum atomic E-state index is 13.8. The van der Waals surface area contributed by atoms with Crippen molar-refractivity contribution in [1.29, 1.82) is 0 Å². The number of hydrogen-bond donors (Lipinski definition) is 5. The Morgan fingerprint density at radius 3 is 2.48 bits per heavy atom. The highest BCUT2D eigenvalue weighted by atomic mass is 31.3. The van der Waals surface area contributed by atoms with E-state index in [1.54, 1.807) is 13.8 Å². The average molecular weight is 540 g/mol. The zero-order chi connectivity index (χ0) is 25.2. The molecule has 0 aromatic carbocycles. The molecule has 0 spiro atoms. The summed E-state index contributed by atoms with van der Waals surface area (Å²) in [4.78, 5) is 56.4. The molecule has 3 unspecified atom stereocenters. The van der Waals surface area contributed by atoms with Gasteiger partial charge in [-0.15, -0.1) is 0 Å². The van der Waals surface area contributed by atoms with Gasteiger partial charge in [0.05, 0.1) is 18.5 Å². The molecule has 2 heterocycles. The quantitative estimate of drug-likeness (QED) is 0.153. The van der Waals surface area contributed by atoms with Gasteiger partial charge in [0, 0.05) is 6.42 Å². The van der Waals surface area contributed by atoms with Gasteiger partial charge >= 0.3 is 29.2 Å². The molecule has 21 heteroatoms. The van der Waals surface area contributed by atoms with Gasteiger partial charge < -0.3 is 34.9 Å². The first-order chi connectivity index (χ1) is 15.0. The standard InChI is InChI=1S/C12H20FN4O13P3/c1-6(2)16-28-8-3-10(17-4-7(13)11(14)15-12(17)18)27-9(8)5-26-32(22,23)30-33(24,25)29-31(19,20)21/h4,8-10H,3,5H2,1-2H3,(H,22,23)(H,24,25)(H2,14,15,18)(H2,19,20,21)/t8?,9-,10-/m1/s1. The van der Waals surface area contributed by atoms with Crippen LogP contribution in [0.2, 0.25) is 0 Å². The van der Waals surface area contributed by atoms with Crippen molar-refractivity contribution < 1.29 is 60.4 Å². The number of nitrogens with zero attached hydrogens (tertiary/aromatic N) is 3. The highest BCUT2D eigenvalue weighted by molar-refractivity contribution is 7.66. The van der Waals surface area contributed by atoms with Crippen molar-refractivity contribution in [3.05, 3.63) is 22.5 Å². The van der Waals surface area contributed by atoms with Crippen LogP contribution < -0.4 is 11.4 Å². The van der Waals surface area contributed by atoms with E-state index in [-0.39, 0.29) is 6.42 Å². The van der Waals surface area contributed by atoms with Crippen molar-refractivity contribution in [2.45, 2.75) is 38.7 Å². The predicted molar refractivity (Wildman–Crippen MR) is 105 cm³/mol. The van der Waals surface area contributed by atoms with E-state index in [4.69, 9.17) is 25.1 Å². The van der Waals surface area contributed by atoms with E-state index in [2.05, 4.69) is 23.3 Å². The van der Waals surface area contributed by atoms with Gasteiger partial charge in [-0.05, 0) is 13.8 Å². The van der Waals surface area contributed by atoms with Crippen LogP contribution in [0.5, 0.6) is 0 Å². The van der Waals surface area contributed by atoms with E-state index in [1.165, 1.54) is 0 Å². The molecule has 17 nitrogen and oxygen atoms in total. The van der Waals surface area contributed by atoms with Crippen LogP contribution in [0, 0.1) is 5.82 Å². The summed E-state index contributed by atoms with van der Waals surface area (Å²) in [5, 5.41) is 3.71. The molecule has 0 radical (unpaired) electrons. The number of halogens is 1. The molecule has 0 aliphatic carbocycles. The summed E-state index contributed by atoms with van der Waals surface area (Å²) in [6.45, 7) is 2.29. The Labute approximate surface area is 184 Å². The van der Waals surface area contributed by atoms with E-state index >= 15 is 0 Å². The van der Waals surface area contributed by atoms with Crippen molar-refractivity contribution in [3.8, 4) is 0 Å². The summed E-state index contributed by atoms with van der Waals surface area (Å²) >= 11 is 0. The Hall–Kier alpha value is -1.55. The highest BCUT2D eigenvalue weighted by Crippen LogP contribution is 2.66. The molecule has 1 aliphatic heterocycles. The van der Waals surface area contributed by atoms with Crippen LogP contribution in [0.3, 0.4) is 0 Å². The SMILES string of the molecule is CC(C)=NOC1C[C@H](n2cc(F)c(N)nc2=O)O[C@@H]1COP(=O)(O)OP(=O)(O)OP(=O)(O)O. The van der Waals surface area contributed by atoms with E-state index in [0.29, 0.717) is 5.71 Å². The van der Waals surface area contributed by atoms with E-state index in [0.717, 1.165) is 10.8 Å². The van der Waals surface area contributed by atoms with E-state index in [9.17, 15) is 32.7 Å². The second-order valence-corrected chi connectivity index (χ2v) is 11.0. The minimum Gasteiger partial charge on any atom is -0.389 e. The van der Waals surface area contributed by atoms with Gasteiger partial charge in [-0.2, -0.15) is 13.6 Å². The van der Waals surface area contributed by atoms with Gasteiger partial charge in [-0.25, -0.2) is 22.9 Å². The van der Waals surface area contributed by atoms with Crippen LogP contribution >= 0.6 is 23.5 Å². The number of ether oxygens (including phenoxy) is 1. The third-order valence-electron chi connectivity index (χ3n) is 3.61. The Morgan fingerprint density at radius 2 is 1.91 bits per heavy atom. The Morgan fingerprint density at radius 1 is 1.27 bits per heavy atom. The Bertz CT molecular complexity index is 1100. The fourth-order valence-electron chi connectivity index (χ4n) is 2.44. The average Bonchev–Trinajstić information content (AvgIpc) is 3.01. The molecule has 188 valence electrons.